The molecule has 2 aromatic heterocycles. The summed E-state index contributed by atoms with van der Waals surface area (Å²) in [5.74, 6) is -0.217. The minimum atomic E-state index is -0.369. The molecule has 0 aliphatic rings. The number of aromatic nitrogens is 3. The van der Waals surface area contributed by atoms with E-state index in [0.717, 1.165) is 10.9 Å². The van der Waals surface area contributed by atoms with E-state index in [1.54, 1.807) is 30.3 Å². The van der Waals surface area contributed by atoms with E-state index >= 15 is 0 Å². The van der Waals surface area contributed by atoms with Crippen molar-refractivity contribution < 1.29 is 4.79 Å². The summed E-state index contributed by atoms with van der Waals surface area (Å²) in [5.41, 5.74) is 8.37. The summed E-state index contributed by atoms with van der Waals surface area (Å²) in [6.07, 6.45) is 0. The first-order valence-electron chi connectivity index (χ1n) is 9.70. The number of nitrogens with zero attached hydrogens (tertiary/aromatic N) is 2. The summed E-state index contributed by atoms with van der Waals surface area (Å²) >= 11 is 0. The maximum absolute atomic E-state index is 13.0. The molecule has 0 unspecified atom stereocenters. The number of carbonyl (C=O) groups is 1. The Kier molecular flexibility index (Phi) is 4.61. The highest BCUT2D eigenvalue weighted by atomic mass is 16.2. The van der Waals surface area contributed by atoms with Gasteiger partial charge in [0.15, 0.2) is 0 Å². The molecular weight excluding hydrogens is 390 g/mol. The Hall–Kier alpha value is -4.52. The average molecular weight is 407 g/mol. The van der Waals surface area contributed by atoms with Crippen molar-refractivity contribution in [3.05, 3.63) is 101 Å². The van der Waals surface area contributed by atoms with Crippen molar-refractivity contribution in [2.75, 3.05) is 5.43 Å². The normalized spacial score (nSPS) is 10.8. The van der Waals surface area contributed by atoms with Crippen molar-refractivity contribution >= 4 is 33.7 Å². The molecule has 150 valence electrons. The second-order valence-corrected chi connectivity index (χ2v) is 6.95. The number of H-pyrrole nitrogens is 1. The van der Waals surface area contributed by atoms with Crippen LogP contribution in [-0.4, -0.2) is 20.9 Å². The summed E-state index contributed by atoms with van der Waals surface area (Å²) in [5, 5.41) is 1.20. The molecule has 0 aliphatic carbocycles. The molecule has 3 N–H and O–H groups in total. The van der Waals surface area contributed by atoms with Crippen molar-refractivity contribution in [2.24, 2.45) is 0 Å². The molecule has 0 bridgehead atoms. The van der Waals surface area contributed by atoms with Gasteiger partial charge in [-0.15, -0.1) is 0 Å². The third kappa shape index (κ3) is 3.60. The number of fused-ring (bicyclic) bond motifs is 2. The van der Waals surface area contributed by atoms with Crippen LogP contribution in [0.3, 0.4) is 0 Å². The minimum Gasteiger partial charge on any atom is -0.291 e. The monoisotopic (exact) mass is 407 g/mol. The fraction of sp³-hybridized carbons (Fsp3) is 0. The van der Waals surface area contributed by atoms with E-state index in [9.17, 15) is 9.59 Å². The van der Waals surface area contributed by atoms with Crippen molar-refractivity contribution in [3.63, 3.8) is 0 Å². The van der Waals surface area contributed by atoms with E-state index in [4.69, 9.17) is 4.98 Å². The molecule has 0 fully saturated rings. The van der Waals surface area contributed by atoms with Crippen LogP contribution in [-0.2, 0) is 0 Å². The lowest BCUT2D eigenvalue weighted by atomic mass is 10.0. The molecular formula is C24H17N5O2. The van der Waals surface area contributed by atoms with E-state index in [2.05, 4.69) is 20.8 Å². The molecule has 0 aliphatic heterocycles. The Morgan fingerprint density at radius 1 is 0.774 bits per heavy atom. The maximum Gasteiger partial charge on any atom is 0.270 e. The summed E-state index contributed by atoms with van der Waals surface area (Å²) in [6.45, 7) is 0. The molecule has 0 atom stereocenters. The Morgan fingerprint density at radius 2 is 1.42 bits per heavy atom. The van der Waals surface area contributed by atoms with E-state index in [-0.39, 0.29) is 17.4 Å². The molecule has 7 nitrogen and oxygen atoms in total. The molecule has 0 saturated carbocycles. The Labute approximate surface area is 176 Å². The number of rotatable bonds is 4. The molecule has 0 saturated heterocycles. The van der Waals surface area contributed by atoms with Gasteiger partial charge in [-0.1, -0.05) is 60.7 Å². The van der Waals surface area contributed by atoms with Crippen molar-refractivity contribution in [1.29, 1.82) is 0 Å². The highest BCUT2D eigenvalue weighted by Crippen LogP contribution is 2.24. The van der Waals surface area contributed by atoms with E-state index in [1.807, 2.05) is 54.6 Å². The number of pyridine rings is 1. The lowest BCUT2D eigenvalue weighted by Gasteiger charge is -2.12. The van der Waals surface area contributed by atoms with Crippen molar-refractivity contribution in [2.45, 2.75) is 0 Å². The molecule has 3 aromatic carbocycles. The van der Waals surface area contributed by atoms with Crippen LogP contribution in [0.2, 0.25) is 0 Å². The summed E-state index contributed by atoms with van der Waals surface area (Å²) in [7, 11) is 0. The second kappa shape index (κ2) is 7.72. The molecule has 5 aromatic rings. The van der Waals surface area contributed by atoms with Crippen molar-refractivity contribution in [3.8, 4) is 11.3 Å². The lowest BCUT2D eigenvalue weighted by molar-refractivity contribution is 0.0964. The van der Waals surface area contributed by atoms with Gasteiger partial charge in [-0.2, -0.15) is 0 Å². The van der Waals surface area contributed by atoms with Gasteiger partial charge in [-0.05, 0) is 24.3 Å². The number of hydrogen-bond donors (Lipinski definition) is 3. The maximum atomic E-state index is 13.0. The van der Waals surface area contributed by atoms with Gasteiger partial charge in [-0.25, -0.2) is 9.97 Å². The first kappa shape index (κ1) is 18.5. The fourth-order valence-corrected chi connectivity index (χ4v) is 3.45. The molecule has 0 radical (unpaired) electrons. The number of para-hydroxylation sites is 2. The SMILES string of the molecule is O=C(NNc1nc2ccccc2c(=O)[nH]1)c1cc(-c2ccccc2)nc2ccccc12. The number of hydrogen-bond acceptors (Lipinski definition) is 5. The lowest BCUT2D eigenvalue weighted by Crippen LogP contribution is -2.31. The van der Waals surface area contributed by atoms with E-state index < -0.39 is 0 Å². The summed E-state index contributed by atoms with van der Waals surface area (Å²) in [4.78, 5) is 36.9. The van der Waals surface area contributed by atoms with Gasteiger partial charge >= 0.3 is 0 Å². The predicted molar refractivity (Wildman–Crippen MR) is 121 cm³/mol. The number of aromatic amines is 1. The number of carbonyl (C=O) groups excluding carboxylic acids is 1. The predicted octanol–water partition coefficient (Wildman–Crippen LogP) is 3.90. The number of hydrazine groups is 1. The number of benzene rings is 3. The molecule has 7 heteroatoms. The molecule has 5 rings (SSSR count). The average Bonchev–Trinajstić information content (AvgIpc) is 2.82. The highest BCUT2D eigenvalue weighted by molar-refractivity contribution is 6.07. The van der Waals surface area contributed by atoms with Crippen LogP contribution >= 0.6 is 0 Å². The zero-order chi connectivity index (χ0) is 21.2. The van der Waals surface area contributed by atoms with Crippen LogP contribution in [0, 0.1) is 0 Å². The van der Waals surface area contributed by atoms with Crippen LogP contribution in [0.5, 0.6) is 0 Å². The zero-order valence-electron chi connectivity index (χ0n) is 16.3. The highest BCUT2D eigenvalue weighted by Gasteiger charge is 2.14. The first-order chi connectivity index (χ1) is 15.2. The number of amides is 1. The van der Waals surface area contributed by atoms with Gasteiger partial charge in [0.25, 0.3) is 11.5 Å². The van der Waals surface area contributed by atoms with Gasteiger partial charge in [0.05, 0.1) is 27.7 Å². The molecule has 1 amide bonds. The summed E-state index contributed by atoms with van der Waals surface area (Å²) in [6, 6.07) is 25.9. The van der Waals surface area contributed by atoms with Crippen LogP contribution in [0.25, 0.3) is 33.1 Å². The van der Waals surface area contributed by atoms with Gasteiger partial charge in [0, 0.05) is 10.9 Å². The first-order valence-corrected chi connectivity index (χ1v) is 9.70. The van der Waals surface area contributed by atoms with E-state index in [1.165, 1.54) is 0 Å². The third-order valence-corrected chi connectivity index (χ3v) is 4.94. The molecule has 2 heterocycles. The fourth-order valence-electron chi connectivity index (χ4n) is 3.45. The minimum absolute atomic E-state index is 0.152. The largest absolute Gasteiger partial charge is 0.291 e. The van der Waals surface area contributed by atoms with Gasteiger partial charge in [0.1, 0.15) is 0 Å². The topological polar surface area (TPSA) is 99.8 Å². The Morgan fingerprint density at radius 3 is 2.19 bits per heavy atom. The summed E-state index contributed by atoms with van der Waals surface area (Å²) < 4.78 is 0. The molecule has 31 heavy (non-hydrogen) atoms. The van der Waals surface area contributed by atoms with Crippen LogP contribution in [0.15, 0.2) is 89.7 Å². The standard InChI is InChI=1S/C24H17N5O2/c30-22-17-11-5-7-13-20(17)26-24(27-22)29-28-23(31)18-14-21(15-8-2-1-3-9-15)25-19-12-6-4-10-16(18)19/h1-14H,(H,28,31)(H2,26,27,29,30). The Balaban J connectivity index is 1.49. The van der Waals surface area contributed by atoms with Gasteiger partial charge in [-0.3, -0.25) is 25.4 Å². The molecule has 0 spiro atoms. The smallest absolute Gasteiger partial charge is 0.270 e. The third-order valence-electron chi connectivity index (χ3n) is 4.94. The second-order valence-electron chi connectivity index (χ2n) is 6.95. The van der Waals surface area contributed by atoms with Crippen LogP contribution in [0.1, 0.15) is 10.4 Å². The van der Waals surface area contributed by atoms with E-state index in [0.29, 0.717) is 27.7 Å². The van der Waals surface area contributed by atoms with Gasteiger partial charge in [0.2, 0.25) is 5.95 Å². The number of anilines is 1. The quantitative estimate of drug-likeness (QED) is 0.393. The van der Waals surface area contributed by atoms with Gasteiger partial charge < -0.3 is 0 Å². The van der Waals surface area contributed by atoms with Crippen molar-refractivity contribution in [1.82, 2.24) is 20.4 Å². The zero-order valence-corrected chi connectivity index (χ0v) is 16.3. The van der Waals surface area contributed by atoms with Crippen LogP contribution < -0.4 is 16.4 Å². The Bertz CT molecular complexity index is 1480. The van der Waals surface area contributed by atoms with Crippen LogP contribution in [0.4, 0.5) is 5.95 Å². The number of nitrogens with one attached hydrogen (secondary N) is 3.